The van der Waals surface area contributed by atoms with E-state index in [0.29, 0.717) is 6.54 Å². The Hall–Kier alpha value is -1.75. The molecule has 1 rings (SSSR count). The highest BCUT2D eigenvalue weighted by atomic mass is 16.5. The Morgan fingerprint density at radius 3 is 2.44 bits per heavy atom. The number of ether oxygens (including phenoxy) is 1. The molecule has 0 saturated carbocycles. The van der Waals surface area contributed by atoms with Crippen LogP contribution in [-0.4, -0.2) is 36.4 Å². The van der Waals surface area contributed by atoms with E-state index in [9.17, 15) is 15.0 Å². The number of unbranched alkanes of at least 4 members (excludes halogenated alkanes) is 2. The van der Waals surface area contributed by atoms with Crippen LogP contribution in [0.4, 0.5) is 0 Å². The summed E-state index contributed by atoms with van der Waals surface area (Å²) < 4.78 is 4.92. The van der Waals surface area contributed by atoms with Gasteiger partial charge < -0.3 is 20.3 Å². The fraction of sp³-hybridized carbons (Fsp3) is 0.462. The molecule has 18 heavy (non-hydrogen) atoms. The molecule has 5 nitrogen and oxygen atoms in total. The lowest BCUT2D eigenvalue weighted by molar-refractivity contribution is 0.0952. The molecule has 0 atom stereocenters. The third kappa shape index (κ3) is 5.05. The summed E-state index contributed by atoms with van der Waals surface area (Å²) in [6, 6.07) is 3.82. The van der Waals surface area contributed by atoms with Gasteiger partial charge in [-0.3, -0.25) is 4.79 Å². The van der Waals surface area contributed by atoms with E-state index in [2.05, 4.69) is 5.32 Å². The van der Waals surface area contributed by atoms with Crippen LogP contribution in [-0.2, 0) is 4.74 Å². The molecular formula is C13H19NO4. The first kappa shape index (κ1) is 14.3. The normalized spacial score (nSPS) is 10.3. The minimum absolute atomic E-state index is 0.125. The van der Waals surface area contributed by atoms with Crippen LogP contribution in [0, 0.1) is 0 Å². The number of phenolic OH excluding ortho intramolecular Hbond substituents is 2. The van der Waals surface area contributed by atoms with Gasteiger partial charge in [-0.15, -0.1) is 0 Å². The maximum Gasteiger partial charge on any atom is 0.251 e. The van der Waals surface area contributed by atoms with Crippen LogP contribution in [0.1, 0.15) is 29.6 Å². The monoisotopic (exact) mass is 253 g/mol. The predicted molar refractivity (Wildman–Crippen MR) is 67.8 cm³/mol. The minimum atomic E-state index is -0.298. The Morgan fingerprint density at radius 2 is 1.83 bits per heavy atom. The Kier molecular flexibility index (Phi) is 6.00. The van der Waals surface area contributed by atoms with E-state index < -0.39 is 0 Å². The molecule has 0 aromatic heterocycles. The van der Waals surface area contributed by atoms with E-state index in [4.69, 9.17) is 4.74 Å². The molecule has 1 aromatic carbocycles. The number of carbonyl (C=O) groups excluding carboxylic acids is 1. The van der Waals surface area contributed by atoms with Gasteiger partial charge in [-0.05, 0) is 31.4 Å². The zero-order valence-electron chi connectivity index (χ0n) is 10.5. The van der Waals surface area contributed by atoms with Gasteiger partial charge in [-0.25, -0.2) is 0 Å². The van der Waals surface area contributed by atoms with Crippen molar-refractivity contribution in [3.63, 3.8) is 0 Å². The van der Waals surface area contributed by atoms with Gasteiger partial charge in [-0.1, -0.05) is 0 Å². The van der Waals surface area contributed by atoms with Gasteiger partial charge in [0.2, 0.25) is 0 Å². The van der Waals surface area contributed by atoms with E-state index >= 15 is 0 Å². The molecule has 1 aromatic rings. The van der Waals surface area contributed by atoms with Crippen molar-refractivity contribution in [2.45, 2.75) is 19.3 Å². The van der Waals surface area contributed by atoms with Gasteiger partial charge in [0.1, 0.15) is 11.5 Å². The Morgan fingerprint density at radius 1 is 1.17 bits per heavy atom. The molecule has 100 valence electrons. The summed E-state index contributed by atoms with van der Waals surface area (Å²) in [6.07, 6.45) is 2.83. The number of rotatable bonds is 7. The van der Waals surface area contributed by atoms with Crippen LogP contribution >= 0.6 is 0 Å². The topological polar surface area (TPSA) is 78.8 Å². The summed E-state index contributed by atoms with van der Waals surface area (Å²) >= 11 is 0. The largest absolute Gasteiger partial charge is 0.508 e. The average molecular weight is 253 g/mol. The molecule has 0 unspecified atom stereocenters. The van der Waals surface area contributed by atoms with Crippen molar-refractivity contribution in [2.75, 3.05) is 20.3 Å². The van der Waals surface area contributed by atoms with Crippen molar-refractivity contribution in [3.05, 3.63) is 23.8 Å². The van der Waals surface area contributed by atoms with Gasteiger partial charge in [0, 0.05) is 31.9 Å². The molecule has 0 aliphatic carbocycles. The van der Waals surface area contributed by atoms with Crippen LogP contribution in [0.2, 0.25) is 0 Å². The van der Waals surface area contributed by atoms with Crippen LogP contribution < -0.4 is 5.32 Å². The highest BCUT2D eigenvalue weighted by Gasteiger charge is 2.07. The maximum atomic E-state index is 11.7. The smallest absolute Gasteiger partial charge is 0.251 e. The molecule has 0 heterocycles. The number of benzene rings is 1. The summed E-state index contributed by atoms with van der Waals surface area (Å²) in [6.45, 7) is 1.30. The SMILES string of the molecule is COCCCCCNC(=O)c1cc(O)cc(O)c1. The second-order valence-corrected chi connectivity index (χ2v) is 4.05. The molecule has 0 spiro atoms. The van der Waals surface area contributed by atoms with Crippen molar-refractivity contribution in [1.29, 1.82) is 0 Å². The molecule has 3 N–H and O–H groups in total. The maximum absolute atomic E-state index is 11.7. The lowest BCUT2D eigenvalue weighted by Gasteiger charge is -2.06. The van der Waals surface area contributed by atoms with Crippen LogP contribution in [0.15, 0.2) is 18.2 Å². The van der Waals surface area contributed by atoms with E-state index in [0.717, 1.165) is 25.9 Å². The van der Waals surface area contributed by atoms with Gasteiger partial charge >= 0.3 is 0 Å². The van der Waals surface area contributed by atoms with Gasteiger partial charge in [0.25, 0.3) is 5.91 Å². The van der Waals surface area contributed by atoms with E-state index in [-0.39, 0.29) is 23.0 Å². The zero-order chi connectivity index (χ0) is 13.4. The zero-order valence-corrected chi connectivity index (χ0v) is 10.5. The van der Waals surface area contributed by atoms with Crippen molar-refractivity contribution in [2.24, 2.45) is 0 Å². The molecule has 1 amide bonds. The molecule has 5 heteroatoms. The third-order valence-corrected chi connectivity index (χ3v) is 2.48. The Bertz CT molecular complexity index is 372. The molecule has 0 radical (unpaired) electrons. The molecule has 0 fully saturated rings. The molecule has 0 saturated heterocycles. The summed E-state index contributed by atoms with van der Waals surface area (Å²) in [4.78, 5) is 11.7. The fourth-order valence-corrected chi connectivity index (χ4v) is 1.58. The van der Waals surface area contributed by atoms with E-state index in [1.807, 2.05) is 0 Å². The Labute approximate surface area is 106 Å². The first-order valence-corrected chi connectivity index (χ1v) is 5.93. The van der Waals surface area contributed by atoms with Gasteiger partial charge in [0.05, 0.1) is 0 Å². The van der Waals surface area contributed by atoms with Crippen molar-refractivity contribution >= 4 is 5.91 Å². The highest BCUT2D eigenvalue weighted by molar-refractivity contribution is 5.94. The van der Waals surface area contributed by atoms with Crippen LogP contribution in [0.25, 0.3) is 0 Å². The lowest BCUT2D eigenvalue weighted by Crippen LogP contribution is -2.24. The second kappa shape index (κ2) is 7.55. The van der Waals surface area contributed by atoms with Gasteiger partial charge in [-0.2, -0.15) is 0 Å². The number of nitrogens with one attached hydrogen (secondary N) is 1. The molecule has 0 aliphatic heterocycles. The predicted octanol–water partition coefficient (Wildman–Crippen LogP) is 1.64. The van der Waals surface area contributed by atoms with Crippen LogP contribution in [0.3, 0.4) is 0 Å². The number of phenols is 2. The quantitative estimate of drug-likeness (QED) is 0.645. The first-order valence-electron chi connectivity index (χ1n) is 5.93. The fourth-order valence-electron chi connectivity index (χ4n) is 1.58. The summed E-state index contributed by atoms with van der Waals surface area (Å²) in [5, 5.41) is 21.2. The number of methoxy groups -OCH3 is 1. The lowest BCUT2D eigenvalue weighted by atomic mass is 10.2. The van der Waals surface area contributed by atoms with Crippen molar-refractivity contribution < 1.29 is 19.7 Å². The molecule has 0 bridgehead atoms. The number of hydrogen-bond acceptors (Lipinski definition) is 4. The number of aromatic hydroxyl groups is 2. The molecular weight excluding hydrogens is 234 g/mol. The van der Waals surface area contributed by atoms with E-state index in [1.54, 1.807) is 7.11 Å². The number of hydrogen-bond donors (Lipinski definition) is 3. The second-order valence-electron chi connectivity index (χ2n) is 4.05. The minimum Gasteiger partial charge on any atom is -0.508 e. The highest BCUT2D eigenvalue weighted by Crippen LogP contribution is 2.20. The number of amides is 1. The standard InChI is InChI=1S/C13H19NO4/c1-18-6-4-2-3-5-14-13(17)10-7-11(15)9-12(16)8-10/h7-9,15-16H,2-6H2,1H3,(H,14,17). The Balaban J connectivity index is 2.32. The van der Waals surface area contributed by atoms with Crippen molar-refractivity contribution in [3.8, 4) is 11.5 Å². The summed E-state index contributed by atoms with van der Waals surface area (Å²) in [5.41, 5.74) is 0.254. The first-order chi connectivity index (χ1) is 8.63. The van der Waals surface area contributed by atoms with Gasteiger partial charge in [0.15, 0.2) is 0 Å². The van der Waals surface area contributed by atoms with Crippen LogP contribution in [0.5, 0.6) is 11.5 Å². The summed E-state index contributed by atoms with van der Waals surface area (Å²) in [7, 11) is 1.66. The van der Waals surface area contributed by atoms with Crippen molar-refractivity contribution in [1.82, 2.24) is 5.32 Å². The third-order valence-electron chi connectivity index (χ3n) is 2.48. The van der Waals surface area contributed by atoms with E-state index in [1.165, 1.54) is 18.2 Å². The average Bonchev–Trinajstić information content (AvgIpc) is 2.32. The molecule has 0 aliphatic rings. The summed E-state index contributed by atoms with van der Waals surface area (Å²) in [5.74, 6) is -0.548. The number of carbonyl (C=O) groups is 1.